The molecule has 0 aliphatic carbocycles. The van der Waals surface area contributed by atoms with Crippen molar-refractivity contribution >= 4 is 22.4 Å². The van der Waals surface area contributed by atoms with Crippen LogP contribution < -0.4 is 5.32 Å². The Morgan fingerprint density at radius 3 is 3.13 bits per heavy atom. The molecular weight excluding hydrogens is 216 g/mol. The minimum atomic E-state index is -0.864. The second kappa shape index (κ2) is 5.67. The van der Waals surface area contributed by atoms with Crippen LogP contribution >= 0.6 is 11.3 Å². The van der Waals surface area contributed by atoms with E-state index < -0.39 is 5.97 Å². The molecule has 15 heavy (non-hydrogen) atoms. The SMILES string of the molecule is COCC(C)Nc1nc(CC(=O)O)cs1. The van der Waals surface area contributed by atoms with Crippen LogP contribution in [0, 0.1) is 0 Å². The van der Waals surface area contributed by atoms with E-state index in [0.29, 0.717) is 12.3 Å². The van der Waals surface area contributed by atoms with Crippen LogP contribution in [0.3, 0.4) is 0 Å². The predicted molar refractivity (Wildman–Crippen MR) is 58.4 cm³/mol. The van der Waals surface area contributed by atoms with Gasteiger partial charge in [0.25, 0.3) is 0 Å². The molecule has 1 rings (SSSR count). The average molecular weight is 230 g/mol. The Hall–Kier alpha value is -1.14. The lowest BCUT2D eigenvalue weighted by Crippen LogP contribution is -2.20. The molecule has 0 fully saturated rings. The van der Waals surface area contributed by atoms with Crippen LogP contribution in [0.5, 0.6) is 0 Å². The van der Waals surface area contributed by atoms with E-state index in [1.807, 2.05) is 6.92 Å². The fourth-order valence-corrected chi connectivity index (χ4v) is 1.93. The Balaban J connectivity index is 2.48. The van der Waals surface area contributed by atoms with Crippen molar-refractivity contribution in [1.82, 2.24) is 4.98 Å². The van der Waals surface area contributed by atoms with Gasteiger partial charge in [0.15, 0.2) is 5.13 Å². The molecule has 1 aromatic heterocycles. The van der Waals surface area contributed by atoms with Gasteiger partial charge in [-0.15, -0.1) is 11.3 Å². The van der Waals surface area contributed by atoms with Crippen LogP contribution in [-0.2, 0) is 16.0 Å². The Morgan fingerprint density at radius 1 is 1.80 bits per heavy atom. The quantitative estimate of drug-likeness (QED) is 0.768. The summed E-state index contributed by atoms with van der Waals surface area (Å²) in [5.74, 6) is -0.864. The molecule has 6 heteroatoms. The molecule has 0 radical (unpaired) electrons. The lowest BCUT2D eigenvalue weighted by atomic mass is 10.3. The first-order valence-corrected chi connectivity index (χ1v) is 5.41. The molecule has 0 spiro atoms. The van der Waals surface area contributed by atoms with Crippen molar-refractivity contribution in [2.45, 2.75) is 19.4 Å². The predicted octanol–water partition coefficient (Wildman–Crippen LogP) is 1.22. The lowest BCUT2D eigenvalue weighted by molar-refractivity contribution is -0.136. The molecule has 1 heterocycles. The van der Waals surface area contributed by atoms with E-state index in [1.54, 1.807) is 12.5 Å². The fraction of sp³-hybridized carbons (Fsp3) is 0.556. The molecule has 0 saturated carbocycles. The zero-order chi connectivity index (χ0) is 11.3. The standard InChI is InChI=1S/C9H14N2O3S/c1-6(4-14-2)10-9-11-7(5-15-9)3-8(12)13/h5-6H,3-4H2,1-2H3,(H,10,11)(H,12,13). The minimum Gasteiger partial charge on any atom is -0.481 e. The van der Waals surface area contributed by atoms with Crippen molar-refractivity contribution in [2.75, 3.05) is 19.0 Å². The Kier molecular flexibility index (Phi) is 4.51. The monoisotopic (exact) mass is 230 g/mol. The maximum atomic E-state index is 10.4. The second-order valence-electron chi connectivity index (χ2n) is 3.22. The highest BCUT2D eigenvalue weighted by Gasteiger charge is 2.08. The third-order valence-corrected chi connectivity index (χ3v) is 2.49. The maximum Gasteiger partial charge on any atom is 0.309 e. The first-order chi connectivity index (χ1) is 7.11. The van der Waals surface area contributed by atoms with Gasteiger partial charge >= 0.3 is 5.97 Å². The number of carboxylic acids is 1. The number of nitrogens with zero attached hydrogens (tertiary/aromatic N) is 1. The number of rotatable bonds is 6. The molecule has 2 N–H and O–H groups in total. The van der Waals surface area contributed by atoms with E-state index in [9.17, 15) is 4.79 Å². The van der Waals surface area contributed by atoms with Gasteiger partial charge < -0.3 is 15.2 Å². The summed E-state index contributed by atoms with van der Waals surface area (Å²) in [7, 11) is 1.63. The number of thiazole rings is 1. The number of aromatic nitrogens is 1. The minimum absolute atomic E-state index is 0.0309. The van der Waals surface area contributed by atoms with E-state index >= 15 is 0 Å². The van der Waals surface area contributed by atoms with Crippen LogP contribution in [0.2, 0.25) is 0 Å². The highest BCUT2D eigenvalue weighted by atomic mass is 32.1. The van der Waals surface area contributed by atoms with E-state index in [2.05, 4.69) is 10.3 Å². The lowest BCUT2D eigenvalue weighted by Gasteiger charge is -2.10. The van der Waals surface area contributed by atoms with Crippen molar-refractivity contribution in [2.24, 2.45) is 0 Å². The number of hydrogen-bond acceptors (Lipinski definition) is 5. The summed E-state index contributed by atoms with van der Waals surface area (Å²) < 4.78 is 4.97. The third kappa shape index (κ3) is 4.26. The largest absolute Gasteiger partial charge is 0.481 e. The highest BCUT2D eigenvalue weighted by Crippen LogP contribution is 2.16. The van der Waals surface area contributed by atoms with Crippen LogP contribution in [-0.4, -0.2) is 35.8 Å². The topological polar surface area (TPSA) is 71.5 Å². The first-order valence-electron chi connectivity index (χ1n) is 4.53. The molecule has 5 nitrogen and oxygen atoms in total. The molecule has 0 aliphatic heterocycles. The molecule has 84 valence electrons. The highest BCUT2D eigenvalue weighted by molar-refractivity contribution is 7.13. The zero-order valence-electron chi connectivity index (χ0n) is 8.69. The Labute approximate surface area is 92.1 Å². The molecule has 1 atom stereocenters. The van der Waals surface area contributed by atoms with Gasteiger partial charge in [0.05, 0.1) is 18.7 Å². The van der Waals surface area contributed by atoms with Crippen molar-refractivity contribution in [3.8, 4) is 0 Å². The summed E-state index contributed by atoms with van der Waals surface area (Å²) in [6, 6.07) is 0.166. The van der Waals surface area contributed by atoms with E-state index in [4.69, 9.17) is 9.84 Å². The summed E-state index contributed by atoms with van der Waals surface area (Å²) in [5, 5.41) is 14.2. The number of carboxylic acid groups (broad SMARTS) is 1. The third-order valence-electron chi connectivity index (χ3n) is 1.67. The summed E-state index contributed by atoms with van der Waals surface area (Å²) in [4.78, 5) is 14.6. The van der Waals surface area contributed by atoms with Crippen LogP contribution in [0.15, 0.2) is 5.38 Å². The van der Waals surface area contributed by atoms with Gasteiger partial charge in [0.2, 0.25) is 0 Å². The van der Waals surface area contributed by atoms with Gasteiger partial charge in [-0.1, -0.05) is 0 Å². The number of hydrogen-bond donors (Lipinski definition) is 2. The number of anilines is 1. The van der Waals surface area contributed by atoms with Crippen LogP contribution in [0.4, 0.5) is 5.13 Å². The number of ether oxygens (including phenoxy) is 1. The molecule has 1 aromatic rings. The van der Waals surface area contributed by atoms with E-state index in [0.717, 1.165) is 5.13 Å². The maximum absolute atomic E-state index is 10.4. The molecule has 0 aliphatic rings. The fourth-order valence-electron chi connectivity index (χ4n) is 1.11. The number of carbonyl (C=O) groups is 1. The van der Waals surface area contributed by atoms with E-state index in [1.165, 1.54) is 11.3 Å². The molecule has 0 bridgehead atoms. The van der Waals surface area contributed by atoms with Gasteiger partial charge in [0, 0.05) is 18.5 Å². The first kappa shape index (κ1) is 11.9. The summed E-state index contributed by atoms with van der Waals surface area (Å²) in [6.07, 6.45) is -0.0309. The molecular formula is C9H14N2O3S. The van der Waals surface area contributed by atoms with Crippen LogP contribution in [0.1, 0.15) is 12.6 Å². The summed E-state index contributed by atoms with van der Waals surface area (Å²) in [6.45, 7) is 2.57. The molecule has 1 unspecified atom stereocenters. The Bertz CT molecular complexity index is 327. The zero-order valence-corrected chi connectivity index (χ0v) is 9.50. The number of aliphatic carboxylic acids is 1. The van der Waals surface area contributed by atoms with Gasteiger partial charge in [-0.05, 0) is 6.92 Å². The van der Waals surface area contributed by atoms with Crippen LogP contribution in [0.25, 0.3) is 0 Å². The normalized spacial score (nSPS) is 12.4. The Morgan fingerprint density at radius 2 is 2.53 bits per heavy atom. The van der Waals surface area contributed by atoms with Crippen molar-refractivity contribution < 1.29 is 14.6 Å². The van der Waals surface area contributed by atoms with Crippen molar-refractivity contribution in [1.29, 1.82) is 0 Å². The van der Waals surface area contributed by atoms with Gasteiger partial charge in [-0.3, -0.25) is 4.79 Å². The van der Waals surface area contributed by atoms with Gasteiger partial charge in [-0.25, -0.2) is 4.98 Å². The summed E-state index contributed by atoms with van der Waals surface area (Å²) >= 11 is 1.40. The second-order valence-corrected chi connectivity index (χ2v) is 4.07. The molecule has 0 aromatic carbocycles. The average Bonchev–Trinajstić information content (AvgIpc) is 2.51. The van der Waals surface area contributed by atoms with Crippen molar-refractivity contribution in [3.05, 3.63) is 11.1 Å². The van der Waals surface area contributed by atoms with E-state index in [-0.39, 0.29) is 12.5 Å². The van der Waals surface area contributed by atoms with Crippen molar-refractivity contribution in [3.63, 3.8) is 0 Å². The summed E-state index contributed by atoms with van der Waals surface area (Å²) in [5.41, 5.74) is 0.583. The van der Waals surface area contributed by atoms with Gasteiger partial charge in [0.1, 0.15) is 0 Å². The molecule has 0 saturated heterocycles. The number of methoxy groups -OCH3 is 1. The smallest absolute Gasteiger partial charge is 0.309 e. The van der Waals surface area contributed by atoms with Gasteiger partial charge in [-0.2, -0.15) is 0 Å². The number of nitrogens with one attached hydrogen (secondary N) is 1. The molecule has 0 amide bonds.